The van der Waals surface area contributed by atoms with Crippen LogP contribution in [0, 0.1) is 0 Å². The SMILES string of the molecule is CCNC(=NCc1ccc(OC)c(OC)c1OC)N1CCC(c2ccccc2)C1.I. The summed E-state index contributed by atoms with van der Waals surface area (Å²) in [5.41, 5.74) is 2.35. The van der Waals surface area contributed by atoms with Crippen LogP contribution in [-0.4, -0.2) is 51.8 Å². The Labute approximate surface area is 196 Å². The third-order valence-electron chi connectivity index (χ3n) is 5.28. The number of hydrogen-bond donors (Lipinski definition) is 1. The number of hydrogen-bond acceptors (Lipinski definition) is 4. The molecule has 0 radical (unpaired) electrons. The number of ether oxygens (including phenoxy) is 3. The summed E-state index contributed by atoms with van der Waals surface area (Å²) < 4.78 is 16.5. The van der Waals surface area contributed by atoms with Gasteiger partial charge in [0.2, 0.25) is 5.75 Å². The number of rotatable bonds is 7. The second-order valence-electron chi connectivity index (χ2n) is 7.01. The first kappa shape index (κ1) is 24.1. The van der Waals surface area contributed by atoms with Crippen molar-refractivity contribution in [3.63, 3.8) is 0 Å². The number of halogens is 1. The number of nitrogens with one attached hydrogen (secondary N) is 1. The van der Waals surface area contributed by atoms with E-state index < -0.39 is 0 Å². The molecule has 0 amide bonds. The summed E-state index contributed by atoms with van der Waals surface area (Å²) in [7, 11) is 4.88. The molecule has 7 heteroatoms. The van der Waals surface area contributed by atoms with Gasteiger partial charge in [0.1, 0.15) is 0 Å². The predicted octanol–water partition coefficient (Wildman–Crippen LogP) is 4.29. The molecule has 1 fully saturated rings. The van der Waals surface area contributed by atoms with Crippen molar-refractivity contribution in [2.45, 2.75) is 25.8 Å². The van der Waals surface area contributed by atoms with Crippen molar-refractivity contribution in [3.05, 3.63) is 53.6 Å². The van der Waals surface area contributed by atoms with Gasteiger partial charge in [-0.05, 0) is 31.0 Å². The minimum atomic E-state index is 0. The first-order chi connectivity index (χ1) is 14.2. The van der Waals surface area contributed by atoms with Gasteiger partial charge in [0.05, 0.1) is 27.9 Å². The van der Waals surface area contributed by atoms with E-state index in [-0.39, 0.29) is 24.0 Å². The van der Waals surface area contributed by atoms with Gasteiger partial charge in [0, 0.05) is 31.1 Å². The van der Waals surface area contributed by atoms with Gasteiger partial charge in [-0.15, -0.1) is 24.0 Å². The van der Waals surface area contributed by atoms with Crippen LogP contribution in [0.4, 0.5) is 0 Å². The molecule has 0 bridgehead atoms. The molecule has 1 unspecified atom stereocenters. The van der Waals surface area contributed by atoms with E-state index in [0.717, 1.165) is 37.6 Å². The number of guanidine groups is 1. The summed E-state index contributed by atoms with van der Waals surface area (Å²) in [5, 5.41) is 3.43. The molecule has 30 heavy (non-hydrogen) atoms. The lowest BCUT2D eigenvalue weighted by Gasteiger charge is -2.22. The molecule has 6 nitrogen and oxygen atoms in total. The lowest BCUT2D eigenvalue weighted by Crippen LogP contribution is -2.40. The maximum atomic E-state index is 5.59. The van der Waals surface area contributed by atoms with Crippen LogP contribution in [-0.2, 0) is 6.54 Å². The minimum absolute atomic E-state index is 0. The zero-order chi connectivity index (χ0) is 20.6. The van der Waals surface area contributed by atoms with Gasteiger partial charge in [0.15, 0.2) is 17.5 Å². The summed E-state index contributed by atoms with van der Waals surface area (Å²) in [4.78, 5) is 7.23. The molecule has 1 atom stereocenters. The van der Waals surface area contributed by atoms with E-state index in [0.29, 0.717) is 29.7 Å². The van der Waals surface area contributed by atoms with Gasteiger partial charge >= 0.3 is 0 Å². The zero-order valence-corrected chi connectivity index (χ0v) is 20.5. The van der Waals surface area contributed by atoms with Crippen LogP contribution in [0.2, 0.25) is 0 Å². The molecular weight excluding hydrogens is 493 g/mol. The number of aliphatic imine (C=N–C) groups is 1. The fourth-order valence-electron chi connectivity index (χ4n) is 3.82. The molecule has 164 valence electrons. The smallest absolute Gasteiger partial charge is 0.203 e. The molecule has 1 N–H and O–H groups in total. The Bertz CT molecular complexity index is 830. The predicted molar refractivity (Wildman–Crippen MR) is 132 cm³/mol. The molecule has 2 aromatic carbocycles. The van der Waals surface area contributed by atoms with E-state index in [4.69, 9.17) is 19.2 Å². The van der Waals surface area contributed by atoms with Crippen LogP contribution in [0.25, 0.3) is 0 Å². The lowest BCUT2D eigenvalue weighted by atomic mass is 9.99. The van der Waals surface area contributed by atoms with Gasteiger partial charge in [-0.2, -0.15) is 0 Å². The molecule has 1 heterocycles. The Morgan fingerprint density at radius 1 is 1.03 bits per heavy atom. The molecule has 0 spiro atoms. The molecular formula is C23H32IN3O3. The van der Waals surface area contributed by atoms with Crippen molar-refractivity contribution in [3.8, 4) is 17.2 Å². The van der Waals surface area contributed by atoms with Gasteiger partial charge in [-0.3, -0.25) is 0 Å². The third kappa shape index (κ3) is 5.50. The van der Waals surface area contributed by atoms with E-state index in [2.05, 4.69) is 47.5 Å². The maximum Gasteiger partial charge on any atom is 0.203 e. The fraction of sp³-hybridized carbons (Fsp3) is 0.435. The van der Waals surface area contributed by atoms with Crippen LogP contribution in [0.5, 0.6) is 17.2 Å². The minimum Gasteiger partial charge on any atom is -0.493 e. The highest BCUT2D eigenvalue weighted by Crippen LogP contribution is 2.40. The van der Waals surface area contributed by atoms with Crippen molar-refractivity contribution >= 4 is 29.9 Å². The first-order valence-electron chi connectivity index (χ1n) is 10.1. The average molecular weight is 525 g/mol. The summed E-state index contributed by atoms with van der Waals surface area (Å²) >= 11 is 0. The van der Waals surface area contributed by atoms with Gasteiger partial charge in [0.25, 0.3) is 0 Å². The lowest BCUT2D eigenvalue weighted by molar-refractivity contribution is 0.322. The Morgan fingerprint density at radius 2 is 1.77 bits per heavy atom. The number of benzene rings is 2. The highest BCUT2D eigenvalue weighted by atomic mass is 127. The topological polar surface area (TPSA) is 55.3 Å². The van der Waals surface area contributed by atoms with Crippen LogP contribution >= 0.6 is 24.0 Å². The molecule has 1 aliphatic heterocycles. The number of nitrogens with zero attached hydrogens (tertiary/aromatic N) is 2. The Balaban J connectivity index is 0.00000320. The van der Waals surface area contributed by atoms with Crippen molar-refractivity contribution in [2.24, 2.45) is 4.99 Å². The average Bonchev–Trinajstić information content (AvgIpc) is 3.26. The van der Waals surface area contributed by atoms with E-state index in [1.807, 2.05) is 12.1 Å². The third-order valence-corrected chi connectivity index (χ3v) is 5.28. The Morgan fingerprint density at radius 3 is 2.40 bits per heavy atom. The number of methoxy groups -OCH3 is 3. The number of likely N-dealkylation sites (tertiary alicyclic amines) is 1. The van der Waals surface area contributed by atoms with Crippen molar-refractivity contribution in [1.82, 2.24) is 10.2 Å². The summed E-state index contributed by atoms with van der Waals surface area (Å²) in [5.74, 6) is 3.38. The van der Waals surface area contributed by atoms with Crippen LogP contribution in [0.1, 0.15) is 30.4 Å². The highest BCUT2D eigenvalue weighted by Gasteiger charge is 2.26. The molecule has 0 saturated carbocycles. The first-order valence-corrected chi connectivity index (χ1v) is 10.1. The highest BCUT2D eigenvalue weighted by molar-refractivity contribution is 14.0. The van der Waals surface area contributed by atoms with E-state index in [1.165, 1.54) is 5.56 Å². The standard InChI is InChI=1S/C23H31N3O3.HI/c1-5-24-23(26-14-13-19(16-26)17-9-7-6-8-10-17)25-15-18-11-12-20(27-2)22(29-4)21(18)28-3;/h6-12,19H,5,13-16H2,1-4H3,(H,24,25);1H. The van der Waals surface area contributed by atoms with E-state index in [9.17, 15) is 0 Å². The molecule has 3 rings (SSSR count). The molecule has 0 aromatic heterocycles. The molecule has 1 aliphatic rings. The summed E-state index contributed by atoms with van der Waals surface area (Å²) in [6.07, 6.45) is 1.13. The summed E-state index contributed by atoms with van der Waals surface area (Å²) in [6.45, 7) is 5.39. The normalized spacial score (nSPS) is 16.1. The van der Waals surface area contributed by atoms with Crippen molar-refractivity contribution < 1.29 is 14.2 Å². The van der Waals surface area contributed by atoms with E-state index in [1.54, 1.807) is 21.3 Å². The van der Waals surface area contributed by atoms with Crippen LogP contribution < -0.4 is 19.5 Å². The second-order valence-corrected chi connectivity index (χ2v) is 7.01. The van der Waals surface area contributed by atoms with Gasteiger partial charge < -0.3 is 24.4 Å². The van der Waals surface area contributed by atoms with Gasteiger partial charge in [-0.1, -0.05) is 30.3 Å². The zero-order valence-electron chi connectivity index (χ0n) is 18.2. The van der Waals surface area contributed by atoms with Crippen LogP contribution in [0.15, 0.2) is 47.5 Å². The second kappa shape index (κ2) is 11.9. The van der Waals surface area contributed by atoms with Gasteiger partial charge in [-0.25, -0.2) is 4.99 Å². The molecule has 2 aromatic rings. The largest absolute Gasteiger partial charge is 0.493 e. The van der Waals surface area contributed by atoms with Crippen molar-refractivity contribution in [2.75, 3.05) is 41.0 Å². The quantitative estimate of drug-likeness (QED) is 0.332. The monoisotopic (exact) mass is 525 g/mol. The fourth-order valence-corrected chi connectivity index (χ4v) is 3.82. The summed E-state index contributed by atoms with van der Waals surface area (Å²) in [6, 6.07) is 14.6. The molecule has 1 saturated heterocycles. The van der Waals surface area contributed by atoms with Crippen LogP contribution in [0.3, 0.4) is 0 Å². The Kier molecular flexibility index (Phi) is 9.55. The molecule has 0 aliphatic carbocycles. The van der Waals surface area contributed by atoms with E-state index >= 15 is 0 Å². The van der Waals surface area contributed by atoms with Crippen molar-refractivity contribution in [1.29, 1.82) is 0 Å². The Hall–Kier alpha value is -2.16. The maximum absolute atomic E-state index is 5.59.